The van der Waals surface area contributed by atoms with Crippen LogP contribution >= 0.6 is 0 Å². The largest absolute Gasteiger partial charge is 0.371 e. The molecule has 0 spiro atoms. The molecular weight excluding hydrogens is 248 g/mol. The molecule has 0 fully saturated rings. The van der Waals surface area contributed by atoms with E-state index in [1.165, 1.54) is 11.0 Å². The summed E-state index contributed by atoms with van der Waals surface area (Å²) in [6.45, 7) is 2.20. The van der Waals surface area contributed by atoms with Crippen molar-refractivity contribution in [3.63, 3.8) is 0 Å². The highest BCUT2D eigenvalue weighted by molar-refractivity contribution is 5.81. The summed E-state index contributed by atoms with van der Waals surface area (Å²) >= 11 is 0. The van der Waals surface area contributed by atoms with Crippen molar-refractivity contribution in [2.45, 2.75) is 13.0 Å². The predicted octanol–water partition coefficient (Wildman–Crippen LogP) is 0.812. The lowest BCUT2D eigenvalue weighted by molar-refractivity contribution is -0.383. The highest BCUT2D eigenvalue weighted by Crippen LogP contribution is 2.22. The van der Waals surface area contributed by atoms with Crippen LogP contribution in [0.5, 0.6) is 0 Å². The molecule has 0 heterocycles. The molecule has 3 N–H and O–H groups in total. The van der Waals surface area contributed by atoms with Crippen LogP contribution in [0.4, 0.5) is 11.4 Å². The highest BCUT2D eigenvalue weighted by Gasteiger charge is 2.16. The fraction of sp³-hybridized carbons (Fsp3) is 0.417. The number of hydrogen-bond acceptors (Lipinski definition) is 5. The van der Waals surface area contributed by atoms with Gasteiger partial charge in [-0.1, -0.05) is 12.1 Å². The van der Waals surface area contributed by atoms with Crippen molar-refractivity contribution in [2.75, 3.05) is 25.5 Å². The van der Waals surface area contributed by atoms with Crippen LogP contribution in [0.1, 0.15) is 6.92 Å². The minimum absolute atomic E-state index is 0.00824. The molecule has 0 aliphatic carbocycles. The molecule has 0 saturated heterocycles. The van der Waals surface area contributed by atoms with Gasteiger partial charge in [0, 0.05) is 25.7 Å². The Morgan fingerprint density at radius 2 is 2.16 bits per heavy atom. The Balaban J connectivity index is 2.67. The highest BCUT2D eigenvalue weighted by atomic mass is 16.6. The normalized spacial score (nSPS) is 11.7. The Bertz CT molecular complexity index is 464. The molecule has 1 amide bonds. The number of nitrogens with one attached hydrogen (secondary N) is 1. The number of para-hydroxylation sites is 2. The van der Waals surface area contributed by atoms with E-state index < -0.39 is 4.92 Å². The van der Waals surface area contributed by atoms with Crippen molar-refractivity contribution in [2.24, 2.45) is 5.73 Å². The summed E-state index contributed by atoms with van der Waals surface area (Å²) in [5.74, 6) is -0.170. The molecule has 7 nitrogen and oxygen atoms in total. The summed E-state index contributed by atoms with van der Waals surface area (Å²) in [4.78, 5) is 23.7. The van der Waals surface area contributed by atoms with Gasteiger partial charge in [0.25, 0.3) is 5.69 Å². The fourth-order valence-electron chi connectivity index (χ4n) is 1.48. The van der Waals surface area contributed by atoms with Crippen LogP contribution < -0.4 is 11.1 Å². The van der Waals surface area contributed by atoms with Crippen molar-refractivity contribution in [1.29, 1.82) is 0 Å². The summed E-state index contributed by atoms with van der Waals surface area (Å²) in [6.07, 6.45) is 0. The van der Waals surface area contributed by atoms with Crippen molar-refractivity contribution in [3.05, 3.63) is 34.4 Å². The average molecular weight is 266 g/mol. The van der Waals surface area contributed by atoms with Gasteiger partial charge in [-0.05, 0) is 13.0 Å². The minimum Gasteiger partial charge on any atom is -0.371 e. The maximum Gasteiger partial charge on any atom is 0.292 e. The molecular formula is C12H18N4O3. The number of hydrogen-bond donors (Lipinski definition) is 2. The monoisotopic (exact) mass is 266 g/mol. The minimum atomic E-state index is -0.487. The topological polar surface area (TPSA) is 102 Å². The Kier molecular flexibility index (Phi) is 5.25. The molecule has 104 valence electrons. The molecule has 1 unspecified atom stereocenters. The Morgan fingerprint density at radius 1 is 1.53 bits per heavy atom. The molecule has 0 aliphatic rings. The molecule has 0 bridgehead atoms. The van der Waals surface area contributed by atoms with Crippen LogP contribution in [0.2, 0.25) is 0 Å². The molecule has 0 radical (unpaired) electrons. The third kappa shape index (κ3) is 3.92. The molecule has 1 atom stereocenters. The van der Waals surface area contributed by atoms with E-state index in [4.69, 9.17) is 5.73 Å². The molecule has 0 aliphatic heterocycles. The third-order valence-electron chi connectivity index (χ3n) is 2.93. The zero-order valence-electron chi connectivity index (χ0n) is 11.0. The smallest absolute Gasteiger partial charge is 0.292 e. The maximum atomic E-state index is 11.8. The van der Waals surface area contributed by atoms with Crippen LogP contribution in [-0.2, 0) is 4.79 Å². The summed E-state index contributed by atoms with van der Waals surface area (Å²) in [6, 6.07) is 6.14. The lowest BCUT2D eigenvalue weighted by Gasteiger charge is -2.23. The van der Waals surface area contributed by atoms with Gasteiger partial charge in [-0.25, -0.2) is 0 Å². The fourth-order valence-corrected chi connectivity index (χ4v) is 1.48. The Morgan fingerprint density at radius 3 is 2.74 bits per heavy atom. The maximum absolute atomic E-state index is 11.8. The van der Waals surface area contributed by atoms with Gasteiger partial charge in [0.15, 0.2) is 0 Å². The van der Waals surface area contributed by atoms with Gasteiger partial charge < -0.3 is 16.0 Å². The van der Waals surface area contributed by atoms with Crippen LogP contribution in [0.25, 0.3) is 0 Å². The van der Waals surface area contributed by atoms with Crippen LogP contribution in [0.3, 0.4) is 0 Å². The van der Waals surface area contributed by atoms with E-state index in [0.717, 1.165) is 0 Å². The lowest BCUT2D eigenvalue weighted by atomic mass is 10.2. The number of carbonyl (C=O) groups is 1. The molecule has 0 aromatic heterocycles. The second-order valence-corrected chi connectivity index (χ2v) is 4.22. The van der Waals surface area contributed by atoms with Gasteiger partial charge in [0.1, 0.15) is 5.69 Å². The number of carbonyl (C=O) groups excluding carboxylic acids is 1. The number of amides is 1. The Labute approximate surface area is 111 Å². The van der Waals surface area contributed by atoms with Gasteiger partial charge in [-0.3, -0.25) is 14.9 Å². The summed E-state index contributed by atoms with van der Waals surface area (Å²) in [7, 11) is 1.65. The second-order valence-electron chi connectivity index (χ2n) is 4.22. The quantitative estimate of drug-likeness (QED) is 0.586. The van der Waals surface area contributed by atoms with Crippen molar-refractivity contribution < 1.29 is 9.72 Å². The van der Waals surface area contributed by atoms with Gasteiger partial charge in [-0.15, -0.1) is 0 Å². The first-order chi connectivity index (χ1) is 8.97. The van der Waals surface area contributed by atoms with Crippen LogP contribution in [0, 0.1) is 10.1 Å². The standard InChI is InChI=1S/C12H18N4O3/c1-9(7-13)15(2)12(17)8-14-10-5-3-4-6-11(10)16(18)19/h3-6,9,14H,7-8,13H2,1-2H3. The molecule has 1 aromatic rings. The average Bonchev–Trinajstić information content (AvgIpc) is 2.43. The molecule has 1 aromatic carbocycles. The lowest BCUT2D eigenvalue weighted by Crippen LogP contribution is -2.42. The van der Waals surface area contributed by atoms with E-state index >= 15 is 0 Å². The van der Waals surface area contributed by atoms with Crippen LogP contribution in [-0.4, -0.2) is 41.9 Å². The van der Waals surface area contributed by atoms with E-state index in [-0.39, 0.29) is 24.2 Å². The first-order valence-electron chi connectivity index (χ1n) is 5.90. The van der Waals surface area contributed by atoms with Crippen molar-refractivity contribution in [3.8, 4) is 0 Å². The van der Waals surface area contributed by atoms with E-state index in [1.54, 1.807) is 25.2 Å². The SMILES string of the molecule is CC(CN)N(C)C(=O)CNc1ccccc1[N+](=O)[O-]. The van der Waals surface area contributed by atoms with Crippen LogP contribution in [0.15, 0.2) is 24.3 Å². The zero-order chi connectivity index (χ0) is 14.4. The summed E-state index contributed by atoms with van der Waals surface area (Å²) in [5, 5.41) is 13.6. The van der Waals surface area contributed by atoms with Crippen molar-refractivity contribution in [1.82, 2.24) is 4.90 Å². The number of anilines is 1. The predicted molar refractivity (Wildman–Crippen MR) is 72.9 cm³/mol. The third-order valence-corrected chi connectivity index (χ3v) is 2.93. The molecule has 7 heteroatoms. The van der Waals surface area contributed by atoms with E-state index in [9.17, 15) is 14.9 Å². The number of benzene rings is 1. The van der Waals surface area contributed by atoms with E-state index in [1.807, 2.05) is 6.92 Å². The number of rotatable bonds is 6. The first-order valence-corrected chi connectivity index (χ1v) is 5.90. The van der Waals surface area contributed by atoms with Gasteiger partial charge in [0.05, 0.1) is 11.5 Å². The van der Waals surface area contributed by atoms with Crippen molar-refractivity contribution >= 4 is 17.3 Å². The number of nitro benzene ring substituents is 1. The van der Waals surface area contributed by atoms with Gasteiger partial charge >= 0.3 is 0 Å². The first kappa shape index (κ1) is 14.9. The van der Waals surface area contributed by atoms with E-state index in [0.29, 0.717) is 12.2 Å². The van der Waals surface area contributed by atoms with Gasteiger partial charge in [-0.2, -0.15) is 0 Å². The summed E-state index contributed by atoms with van der Waals surface area (Å²) < 4.78 is 0. The zero-order valence-corrected chi connectivity index (χ0v) is 11.0. The molecule has 1 rings (SSSR count). The van der Waals surface area contributed by atoms with E-state index in [2.05, 4.69) is 5.32 Å². The molecule has 19 heavy (non-hydrogen) atoms. The number of nitro groups is 1. The number of nitrogens with zero attached hydrogens (tertiary/aromatic N) is 2. The summed E-state index contributed by atoms with van der Waals surface area (Å²) in [5.41, 5.74) is 5.76. The molecule has 0 saturated carbocycles. The Hall–Kier alpha value is -2.15. The van der Waals surface area contributed by atoms with Gasteiger partial charge in [0.2, 0.25) is 5.91 Å². The number of nitrogens with two attached hydrogens (primary N) is 1. The number of likely N-dealkylation sites (N-methyl/N-ethyl adjacent to an activating group) is 1. The second kappa shape index (κ2) is 6.69.